The summed E-state index contributed by atoms with van der Waals surface area (Å²) < 4.78 is 67.3. The summed E-state index contributed by atoms with van der Waals surface area (Å²) in [5, 5.41) is 0. The molecule has 3 aliphatic carbocycles. The predicted octanol–water partition coefficient (Wildman–Crippen LogP) is 17.3. The fourth-order valence-electron chi connectivity index (χ4n) is 8.96. The number of aryl methyl sites for hydroxylation is 6. The lowest BCUT2D eigenvalue weighted by Crippen LogP contribution is -2.17. The first-order valence-corrected chi connectivity index (χ1v) is 23.8. The number of ether oxygens (including phenoxy) is 1. The van der Waals surface area contributed by atoms with E-state index in [9.17, 15) is 22.0 Å². The van der Waals surface area contributed by atoms with Crippen molar-refractivity contribution in [2.75, 3.05) is 0 Å². The molecule has 0 fully saturated rings. The molecule has 66 heavy (non-hydrogen) atoms. The largest absolute Gasteiger partial charge is 0.573 e. The Morgan fingerprint density at radius 3 is 1.23 bits per heavy atom. The molecule has 9 rings (SSSR count). The molecular weight excluding hydrogens is 832 g/mol. The van der Waals surface area contributed by atoms with Crippen LogP contribution < -0.4 is 4.74 Å². The molecule has 0 amide bonds. The van der Waals surface area contributed by atoms with Crippen molar-refractivity contribution in [3.05, 3.63) is 206 Å². The van der Waals surface area contributed by atoms with Gasteiger partial charge in [0.2, 0.25) is 0 Å². The smallest absolute Gasteiger partial charge is 0.406 e. The number of unbranched alkanes of at least 4 members (excludes halogenated alkanes) is 3. The lowest BCUT2D eigenvalue weighted by atomic mass is 9.88. The first-order chi connectivity index (χ1) is 32.0. The van der Waals surface area contributed by atoms with Gasteiger partial charge in [0.1, 0.15) is 17.4 Å². The Labute approximate surface area is 388 Å². The van der Waals surface area contributed by atoms with Crippen molar-refractivity contribution in [1.82, 2.24) is 0 Å². The lowest BCUT2D eigenvalue weighted by Gasteiger charge is -2.18. The van der Waals surface area contributed by atoms with Crippen LogP contribution in [0.15, 0.2) is 127 Å². The van der Waals surface area contributed by atoms with Gasteiger partial charge in [-0.15, -0.1) is 13.2 Å². The molecule has 0 bridgehead atoms. The minimum Gasteiger partial charge on any atom is -0.406 e. The second-order valence-electron chi connectivity index (χ2n) is 17.6. The van der Waals surface area contributed by atoms with E-state index in [1.807, 2.05) is 12.1 Å². The molecule has 0 aromatic heterocycles. The van der Waals surface area contributed by atoms with E-state index in [1.165, 1.54) is 101 Å². The van der Waals surface area contributed by atoms with Crippen molar-refractivity contribution in [3.63, 3.8) is 0 Å². The number of rotatable bonds is 12. The van der Waals surface area contributed by atoms with Gasteiger partial charge in [-0.2, -0.15) is 0 Å². The highest BCUT2D eigenvalue weighted by Gasteiger charge is 2.31. The topological polar surface area (TPSA) is 9.23 Å². The van der Waals surface area contributed by atoms with E-state index in [1.54, 1.807) is 30.3 Å². The van der Waals surface area contributed by atoms with E-state index >= 15 is 0 Å². The van der Waals surface area contributed by atoms with Gasteiger partial charge in [0, 0.05) is 0 Å². The second-order valence-corrected chi connectivity index (χ2v) is 17.6. The Balaban J connectivity index is 0.000000147. The molecule has 0 N–H and O–H groups in total. The Morgan fingerprint density at radius 2 is 0.818 bits per heavy atom. The molecule has 6 aromatic carbocycles. The van der Waals surface area contributed by atoms with Crippen LogP contribution in [-0.2, 0) is 38.5 Å². The molecule has 0 aliphatic heterocycles. The third-order valence-corrected chi connectivity index (χ3v) is 12.8. The van der Waals surface area contributed by atoms with Gasteiger partial charge >= 0.3 is 6.36 Å². The summed E-state index contributed by atoms with van der Waals surface area (Å²) in [5.41, 5.74) is 18.2. The van der Waals surface area contributed by atoms with Gasteiger partial charge in [0.05, 0.1) is 0 Å². The minimum absolute atomic E-state index is 0.132. The molecule has 1 nitrogen and oxygen atoms in total. The molecule has 0 radical (unpaired) electrons. The molecule has 6 heteroatoms. The maximum absolute atomic E-state index is 13.3. The van der Waals surface area contributed by atoms with Crippen LogP contribution in [0.1, 0.15) is 139 Å². The Kier molecular flexibility index (Phi) is 16.7. The maximum atomic E-state index is 13.3. The SMILES string of the molecule is CCCCCc1ccc(C2=Cc3ccc(F)cc3CC2)cc1.CCCCc1ccc(C2=Cc3ccc(F)cc3CC2)cc1.CCc1ccc(C2=Cc3ccc(OC(F)(F)F)cc3CC2)cc1. The van der Waals surface area contributed by atoms with Gasteiger partial charge in [-0.25, -0.2) is 8.78 Å². The fourth-order valence-corrected chi connectivity index (χ4v) is 8.96. The highest BCUT2D eigenvalue weighted by atomic mass is 19.4. The number of halogens is 5. The fraction of sp³-hybridized carbons (Fsp3) is 0.300. The predicted molar refractivity (Wildman–Crippen MR) is 265 cm³/mol. The van der Waals surface area contributed by atoms with Gasteiger partial charge in [-0.05, 0) is 191 Å². The van der Waals surface area contributed by atoms with E-state index in [0.717, 1.165) is 78.3 Å². The zero-order valence-electron chi connectivity index (χ0n) is 38.6. The van der Waals surface area contributed by atoms with Crippen molar-refractivity contribution in [1.29, 1.82) is 0 Å². The molecule has 0 saturated carbocycles. The third-order valence-electron chi connectivity index (χ3n) is 12.8. The van der Waals surface area contributed by atoms with E-state index in [-0.39, 0.29) is 17.4 Å². The van der Waals surface area contributed by atoms with Crippen molar-refractivity contribution in [2.45, 2.75) is 117 Å². The van der Waals surface area contributed by atoms with Gasteiger partial charge in [0.15, 0.2) is 0 Å². The molecule has 0 spiro atoms. The third kappa shape index (κ3) is 13.5. The van der Waals surface area contributed by atoms with Crippen LogP contribution in [0.3, 0.4) is 0 Å². The normalized spacial score (nSPS) is 13.8. The van der Waals surface area contributed by atoms with E-state index in [2.05, 4.69) is 117 Å². The maximum Gasteiger partial charge on any atom is 0.573 e. The van der Waals surface area contributed by atoms with Gasteiger partial charge in [-0.1, -0.05) is 149 Å². The zero-order chi connectivity index (χ0) is 46.5. The van der Waals surface area contributed by atoms with Crippen LogP contribution in [0.25, 0.3) is 34.9 Å². The summed E-state index contributed by atoms with van der Waals surface area (Å²) >= 11 is 0. The monoisotopic (exact) mass is 892 g/mol. The average Bonchev–Trinajstić information content (AvgIpc) is 3.33. The van der Waals surface area contributed by atoms with Crippen LogP contribution in [0.4, 0.5) is 22.0 Å². The average molecular weight is 893 g/mol. The quantitative estimate of drug-likeness (QED) is 0.0879. The Morgan fingerprint density at radius 1 is 0.424 bits per heavy atom. The molecule has 342 valence electrons. The van der Waals surface area contributed by atoms with Crippen molar-refractivity contribution < 1.29 is 26.7 Å². The molecule has 0 heterocycles. The van der Waals surface area contributed by atoms with Crippen LogP contribution >= 0.6 is 0 Å². The summed E-state index contributed by atoms with van der Waals surface area (Å²) in [6.07, 6.45) is 16.9. The highest BCUT2D eigenvalue weighted by molar-refractivity contribution is 5.86. The van der Waals surface area contributed by atoms with Crippen LogP contribution in [-0.4, -0.2) is 6.36 Å². The Bertz CT molecular complexity index is 2630. The number of hydrogen-bond donors (Lipinski definition) is 0. The standard InChI is InChI=1S/C21H23F.C20H21F.C19H17F3O/c1-2-3-4-5-16-6-8-17(9-7-16)18-10-11-20-15-21(22)13-12-19(20)14-18;1-2-3-4-15-5-7-16(8-6-15)17-9-10-19-14-20(21)12-11-18(19)13-17;1-2-13-3-5-14(6-4-13)15-7-8-17-12-18(23-19(20,21)22)10-9-16(17)11-15/h6-9,12-15H,2-5,10-11H2,1H3;5-8,11-14H,2-4,9-10H2,1H3;3-6,9-12H,2,7-8H2,1H3. The van der Waals surface area contributed by atoms with E-state index in [0.29, 0.717) is 6.42 Å². The lowest BCUT2D eigenvalue weighted by molar-refractivity contribution is -0.274. The number of fused-ring (bicyclic) bond motifs is 3. The summed E-state index contributed by atoms with van der Waals surface area (Å²) in [5.74, 6) is -0.418. The van der Waals surface area contributed by atoms with Crippen LogP contribution in [0.5, 0.6) is 5.75 Å². The second kappa shape index (κ2) is 22.9. The number of alkyl halides is 3. The van der Waals surface area contributed by atoms with Crippen LogP contribution in [0.2, 0.25) is 0 Å². The highest BCUT2D eigenvalue weighted by Crippen LogP contribution is 2.35. The summed E-state index contributed by atoms with van der Waals surface area (Å²) in [6.45, 7) is 6.58. The summed E-state index contributed by atoms with van der Waals surface area (Å²) in [7, 11) is 0. The molecule has 0 atom stereocenters. The first kappa shape index (κ1) is 47.9. The van der Waals surface area contributed by atoms with Crippen LogP contribution in [0, 0.1) is 11.6 Å². The molecule has 3 aliphatic rings. The summed E-state index contributed by atoms with van der Waals surface area (Å²) in [6, 6.07) is 41.1. The van der Waals surface area contributed by atoms with Gasteiger partial charge in [-0.3, -0.25) is 0 Å². The van der Waals surface area contributed by atoms with E-state index in [4.69, 9.17) is 0 Å². The zero-order valence-corrected chi connectivity index (χ0v) is 38.6. The molecule has 0 saturated heterocycles. The van der Waals surface area contributed by atoms with Crippen molar-refractivity contribution in [2.24, 2.45) is 0 Å². The van der Waals surface area contributed by atoms with Crippen molar-refractivity contribution >= 4 is 34.9 Å². The number of hydrogen-bond acceptors (Lipinski definition) is 1. The van der Waals surface area contributed by atoms with E-state index < -0.39 is 6.36 Å². The molecular formula is C60H61F5O. The molecule has 6 aromatic rings. The minimum atomic E-state index is -4.65. The number of allylic oxidation sites excluding steroid dienone is 3. The number of benzene rings is 6. The van der Waals surface area contributed by atoms with Gasteiger partial charge in [0.25, 0.3) is 0 Å². The van der Waals surface area contributed by atoms with Gasteiger partial charge < -0.3 is 4.74 Å². The first-order valence-electron chi connectivity index (χ1n) is 23.8. The summed E-state index contributed by atoms with van der Waals surface area (Å²) in [4.78, 5) is 0. The Hall–Kier alpha value is -6.01. The molecule has 0 unspecified atom stereocenters. The van der Waals surface area contributed by atoms with Crippen molar-refractivity contribution in [3.8, 4) is 5.75 Å².